The second-order valence-electron chi connectivity index (χ2n) is 5.85. The smallest absolute Gasteiger partial charge is 0.314 e. The van der Waals surface area contributed by atoms with E-state index >= 15 is 0 Å². The van der Waals surface area contributed by atoms with Gasteiger partial charge in [-0.15, -0.1) is 0 Å². The Bertz CT molecular complexity index is 432. The van der Waals surface area contributed by atoms with Gasteiger partial charge in [0.1, 0.15) is 0 Å². The van der Waals surface area contributed by atoms with Crippen LogP contribution in [0.5, 0.6) is 0 Å². The first-order valence-electron chi connectivity index (χ1n) is 7.06. The lowest BCUT2D eigenvalue weighted by Crippen LogP contribution is -2.46. The van der Waals surface area contributed by atoms with Crippen molar-refractivity contribution in [2.75, 3.05) is 40.8 Å². The Morgan fingerprint density at radius 3 is 2.52 bits per heavy atom. The van der Waals surface area contributed by atoms with Gasteiger partial charge in [0.25, 0.3) is 0 Å². The molecule has 0 saturated carbocycles. The summed E-state index contributed by atoms with van der Waals surface area (Å²) in [6.07, 6.45) is 0. The number of hydrogen-bond acceptors (Lipinski definition) is 5. The number of carbonyl (C=O) groups is 1. The molecule has 5 heteroatoms. The number of methoxy groups -OCH3 is 1. The van der Waals surface area contributed by atoms with E-state index in [4.69, 9.17) is 4.74 Å². The summed E-state index contributed by atoms with van der Waals surface area (Å²) in [6, 6.07) is 9.51. The zero-order valence-corrected chi connectivity index (χ0v) is 13.3. The Morgan fingerprint density at radius 1 is 1.38 bits per heavy atom. The molecule has 21 heavy (non-hydrogen) atoms. The first-order valence-corrected chi connectivity index (χ1v) is 7.06. The molecule has 0 heterocycles. The number of hydrogen-bond donors (Lipinski definition) is 2. The van der Waals surface area contributed by atoms with Crippen LogP contribution < -0.4 is 5.32 Å². The molecule has 0 aromatic heterocycles. The molecule has 0 amide bonds. The fourth-order valence-corrected chi connectivity index (χ4v) is 2.39. The van der Waals surface area contributed by atoms with Gasteiger partial charge < -0.3 is 20.1 Å². The van der Waals surface area contributed by atoms with Crippen molar-refractivity contribution < 1.29 is 14.6 Å². The molecule has 0 saturated heterocycles. The van der Waals surface area contributed by atoms with E-state index in [0.717, 1.165) is 5.56 Å². The van der Waals surface area contributed by atoms with Gasteiger partial charge in [-0.1, -0.05) is 30.3 Å². The molecule has 1 aromatic carbocycles. The third-order valence-electron chi connectivity index (χ3n) is 3.20. The fraction of sp³-hybridized carbons (Fsp3) is 0.562. The van der Waals surface area contributed by atoms with Crippen molar-refractivity contribution in [3.05, 3.63) is 35.9 Å². The molecule has 0 aliphatic rings. The van der Waals surface area contributed by atoms with E-state index in [9.17, 15) is 9.90 Å². The van der Waals surface area contributed by atoms with E-state index < -0.39 is 5.60 Å². The summed E-state index contributed by atoms with van der Waals surface area (Å²) in [6.45, 7) is 3.16. The number of ether oxygens (including phenoxy) is 1. The summed E-state index contributed by atoms with van der Waals surface area (Å²) in [5.74, 6) is -0.646. The number of esters is 1. The van der Waals surface area contributed by atoms with Crippen molar-refractivity contribution >= 4 is 5.97 Å². The van der Waals surface area contributed by atoms with Crippen LogP contribution in [0, 0.1) is 0 Å². The van der Waals surface area contributed by atoms with Crippen molar-refractivity contribution in [1.82, 2.24) is 10.2 Å². The minimum Gasteiger partial charge on any atom is -0.469 e. The predicted molar refractivity (Wildman–Crippen MR) is 83.2 cm³/mol. The Hall–Kier alpha value is -1.43. The summed E-state index contributed by atoms with van der Waals surface area (Å²) in [5, 5.41) is 13.4. The van der Waals surface area contributed by atoms with Crippen LogP contribution in [0.3, 0.4) is 0 Å². The summed E-state index contributed by atoms with van der Waals surface area (Å²) in [7, 11) is 5.21. The lowest BCUT2D eigenvalue weighted by molar-refractivity contribution is -0.142. The van der Waals surface area contributed by atoms with Crippen LogP contribution in [0.2, 0.25) is 0 Å². The maximum atomic E-state index is 11.9. The molecular weight excluding hydrogens is 268 g/mol. The summed E-state index contributed by atoms with van der Waals surface area (Å²) >= 11 is 0. The zero-order chi connectivity index (χ0) is 15.9. The zero-order valence-electron chi connectivity index (χ0n) is 13.3. The van der Waals surface area contributed by atoms with Crippen LogP contribution in [0.25, 0.3) is 0 Å². The minimum atomic E-state index is -0.846. The highest BCUT2D eigenvalue weighted by Crippen LogP contribution is 2.16. The molecule has 0 bridgehead atoms. The highest BCUT2D eigenvalue weighted by atomic mass is 16.5. The summed E-state index contributed by atoms with van der Waals surface area (Å²) in [4.78, 5) is 13.8. The lowest BCUT2D eigenvalue weighted by Gasteiger charge is -2.28. The van der Waals surface area contributed by atoms with Crippen molar-refractivity contribution in [3.63, 3.8) is 0 Å². The summed E-state index contributed by atoms with van der Waals surface area (Å²) in [5.41, 5.74) is 0.0602. The van der Waals surface area contributed by atoms with Gasteiger partial charge in [0, 0.05) is 19.6 Å². The van der Waals surface area contributed by atoms with E-state index in [2.05, 4.69) is 5.32 Å². The number of rotatable bonds is 8. The van der Waals surface area contributed by atoms with Gasteiger partial charge in [0.15, 0.2) is 0 Å². The topological polar surface area (TPSA) is 61.8 Å². The second kappa shape index (κ2) is 8.12. The van der Waals surface area contributed by atoms with E-state index in [0.29, 0.717) is 19.6 Å². The molecule has 0 spiro atoms. The van der Waals surface area contributed by atoms with Crippen molar-refractivity contribution in [2.24, 2.45) is 0 Å². The number of carbonyl (C=O) groups excluding carboxylic acids is 1. The largest absolute Gasteiger partial charge is 0.469 e. The predicted octanol–water partition coefficient (Wildman–Crippen LogP) is 0.845. The van der Waals surface area contributed by atoms with E-state index in [1.807, 2.05) is 49.3 Å². The maximum Gasteiger partial charge on any atom is 0.314 e. The monoisotopic (exact) mass is 294 g/mol. The molecule has 1 aromatic rings. The van der Waals surface area contributed by atoms with Gasteiger partial charge in [-0.25, -0.2) is 0 Å². The highest BCUT2D eigenvalue weighted by molar-refractivity contribution is 5.78. The number of benzene rings is 1. The number of nitrogens with one attached hydrogen (secondary N) is 1. The first-order chi connectivity index (χ1) is 9.85. The fourth-order valence-electron chi connectivity index (χ4n) is 2.39. The first kappa shape index (κ1) is 17.6. The third-order valence-corrected chi connectivity index (χ3v) is 3.20. The van der Waals surface area contributed by atoms with Gasteiger partial charge in [0.05, 0.1) is 18.6 Å². The highest BCUT2D eigenvalue weighted by Gasteiger charge is 2.24. The Balaban J connectivity index is 2.61. The SMILES string of the molecule is COC(=O)C(CNCC(C)(O)CN(C)C)c1ccccc1. The molecule has 5 nitrogen and oxygen atoms in total. The Labute approximate surface area is 126 Å². The standard InChI is InChI=1S/C16H26N2O3/c1-16(20,12-18(2)3)11-17-10-14(15(19)21-4)13-8-6-5-7-9-13/h5-9,14,17,20H,10-12H2,1-4H3. The van der Waals surface area contributed by atoms with Gasteiger partial charge in [0.2, 0.25) is 0 Å². The second-order valence-corrected chi connectivity index (χ2v) is 5.85. The molecule has 2 atom stereocenters. The average Bonchev–Trinajstić information content (AvgIpc) is 2.42. The number of likely N-dealkylation sites (N-methyl/N-ethyl adjacent to an activating group) is 1. The van der Waals surface area contributed by atoms with Crippen LogP contribution in [-0.2, 0) is 9.53 Å². The molecule has 118 valence electrons. The number of aliphatic hydroxyl groups is 1. The van der Waals surface area contributed by atoms with Crippen molar-refractivity contribution in [3.8, 4) is 0 Å². The van der Waals surface area contributed by atoms with Gasteiger partial charge in [-0.2, -0.15) is 0 Å². The Kier molecular flexibility index (Phi) is 6.81. The minimum absolute atomic E-state index is 0.277. The third kappa shape index (κ3) is 6.25. The van der Waals surface area contributed by atoms with Crippen molar-refractivity contribution in [2.45, 2.75) is 18.4 Å². The summed E-state index contributed by atoms with van der Waals surface area (Å²) < 4.78 is 4.86. The molecule has 0 radical (unpaired) electrons. The van der Waals surface area contributed by atoms with Crippen molar-refractivity contribution in [1.29, 1.82) is 0 Å². The molecule has 2 N–H and O–H groups in total. The molecule has 0 aliphatic heterocycles. The molecule has 0 fully saturated rings. The van der Waals surface area contributed by atoms with E-state index in [1.165, 1.54) is 7.11 Å². The molecule has 0 aliphatic carbocycles. The maximum absolute atomic E-state index is 11.9. The van der Waals surface area contributed by atoms with Crippen LogP contribution in [0.1, 0.15) is 18.4 Å². The molecule has 1 rings (SSSR count). The van der Waals surface area contributed by atoms with E-state index in [-0.39, 0.29) is 11.9 Å². The van der Waals surface area contributed by atoms with Gasteiger partial charge in [-0.3, -0.25) is 4.79 Å². The number of nitrogens with zero attached hydrogens (tertiary/aromatic N) is 1. The molecular formula is C16H26N2O3. The van der Waals surface area contributed by atoms with Gasteiger partial charge in [-0.05, 0) is 26.6 Å². The van der Waals surface area contributed by atoms with E-state index in [1.54, 1.807) is 6.92 Å². The lowest BCUT2D eigenvalue weighted by atomic mass is 9.98. The van der Waals surface area contributed by atoms with Crippen LogP contribution in [-0.4, -0.2) is 62.4 Å². The van der Waals surface area contributed by atoms with Crippen LogP contribution >= 0.6 is 0 Å². The van der Waals surface area contributed by atoms with Crippen LogP contribution in [0.15, 0.2) is 30.3 Å². The van der Waals surface area contributed by atoms with Gasteiger partial charge >= 0.3 is 5.97 Å². The quantitative estimate of drug-likeness (QED) is 0.696. The Morgan fingerprint density at radius 2 is 2.00 bits per heavy atom. The normalized spacial score (nSPS) is 15.5. The van der Waals surface area contributed by atoms with Crippen LogP contribution in [0.4, 0.5) is 0 Å². The average molecular weight is 294 g/mol. The molecule has 2 unspecified atom stereocenters.